The van der Waals surface area contributed by atoms with Crippen molar-refractivity contribution in [3.63, 3.8) is 0 Å². The molecule has 0 aliphatic rings. The summed E-state index contributed by atoms with van der Waals surface area (Å²) in [6.07, 6.45) is 0. The van der Waals surface area contributed by atoms with Crippen molar-refractivity contribution in [2.24, 2.45) is 0 Å². The highest BCUT2D eigenvalue weighted by molar-refractivity contribution is 7.20. The summed E-state index contributed by atoms with van der Waals surface area (Å²) in [4.78, 5) is 14.6. The van der Waals surface area contributed by atoms with E-state index >= 15 is 0 Å². The fraction of sp³-hybridized carbons (Fsp3) is 0.0435. The predicted molar refractivity (Wildman–Crippen MR) is 116 cm³/mol. The zero-order valence-electron chi connectivity index (χ0n) is 15.2. The second-order valence-electron chi connectivity index (χ2n) is 6.64. The minimum Gasteiger partial charge on any atom is -0.321 e. The van der Waals surface area contributed by atoms with Gasteiger partial charge in [0, 0.05) is 16.5 Å². The van der Waals surface area contributed by atoms with Crippen molar-refractivity contribution in [2.75, 3.05) is 5.32 Å². The molecule has 0 radical (unpaired) electrons. The lowest BCUT2D eigenvalue weighted by Gasteiger charge is -2.07. The number of benzene rings is 3. The van der Waals surface area contributed by atoms with Crippen LogP contribution in [0.3, 0.4) is 0 Å². The third-order valence-corrected chi connectivity index (χ3v) is 5.92. The van der Waals surface area contributed by atoms with Gasteiger partial charge in [0.1, 0.15) is 4.83 Å². The number of carbonyl (C=O) groups is 1. The summed E-state index contributed by atoms with van der Waals surface area (Å²) in [6.45, 7) is 1.97. The Morgan fingerprint density at radius 2 is 1.68 bits per heavy atom. The molecule has 5 heteroatoms. The van der Waals surface area contributed by atoms with Gasteiger partial charge in [-0.1, -0.05) is 54.6 Å². The number of hydrogen-bond donors (Lipinski definition) is 1. The monoisotopic (exact) mass is 383 g/mol. The molecule has 0 saturated carbocycles. The second-order valence-corrected chi connectivity index (χ2v) is 7.67. The Morgan fingerprint density at radius 1 is 0.929 bits per heavy atom. The van der Waals surface area contributed by atoms with Crippen LogP contribution in [-0.4, -0.2) is 15.7 Å². The third kappa shape index (κ3) is 2.77. The number of nitrogens with zero attached hydrogens (tertiary/aromatic N) is 2. The zero-order valence-corrected chi connectivity index (χ0v) is 16.0. The Hall–Kier alpha value is -3.44. The van der Waals surface area contributed by atoms with Crippen LogP contribution in [0.2, 0.25) is 0 Å². The maximum absolute atomic E-state index is 13.0. The SMILES string of the molecule is Cc1nn(-c2ccccc2)c2sc(C(=O)Nc3cccc4ccccc34)cc12. The summed E-state index contributed by atoms with van der Waals surface area (Å²) < 4.78 is 1.91. The van der Waals surface area contributed by atoms with Gasteiger partial charge in [-0.15, -0.1) is 11.3 Å². The van der Waals surface area contributed by atoms with E-state index in [2.05, 4.69) is 10.4 Å². The summed E-state index contributed by atoms with van der Waals surface area (Å²) >= 11 is 1.46. The smallest absolute Gasteiger partial charge is 0.265 e. The molecule has 0 unspecified atom stereocenters. The van der Waals surface area contributed by atoms with E-state index in [1.165, 1.54) is 11.3 Å². The normalized spacial score (nSPS) is 11.2. The molecule has 0 aliphatic heterocycles. The number of nitrogens with one attached hydrogen (secondary N) is 1. The molecule has 3 aromatic carbocycles. The van der Waals surface area contributed by atoms with Crippen LogP contribution in [0.15, 0.2) is 78.9 Å². The largest absolute Gasteiger partial charge is 0.321 e. The molecule has 2 aromatic heterocycles. The first kappa shape index (κ1) is 16.7. The minimum atomic E-state index is -0.100. The number of carbonyl (C=O) groups excluding carboxylic acids is 1. The van der Waals surface area contributed by atoms with Crippen LogP contribution >= 0.6 is 11.3 Å². The first-order valence-corrected chi connectivity index (χ1v) is 9.86. The Balaban J connectivity index is 1.53. The van der Waals surface area contributed by atoms with Gasteiger partial charge in [-0.3, -0.25) is 4.79 Å². The molecular weight excluding hydrogens is 366 g/mol. The first-order valence-electron chi connectivity index (χ1n) is 9.04. The van der Waals surface area contributed by atoms with Crippen molar-refractivity contribution in [1.29, 1.82) is 0 Å². The van der Waals surface area contributed by atoms with E-state index in [-0.39, 0.29) is 5.91 Å². The molecule has 28 heavy (non-hydrogen) atoms. The van der Waals surface area contributed by atoms with E-state index in [1.807, 2.05) is 90.5 Å². The molecule has 1 amide bonds. The summed E-state index contributed by atoms with van der Waals surface area (Å²) in [5, 5.41) is 10.9. The number of fused-ring (bicyclic) bond motifs is 2. The Kier molecular flexibility index (Phi) is 3.95. The van der Waals surface area contributed by atoms with Gasteiger partial charge >= 0.3 is 0 Å². The van der Waals surface area contributed by atoms with Crippen molar-refractivity contribution >= 4 is 43.9 Å². The molecule has 0 saturated heterocycles. The fourth-order valence-electron chi connectivity index (χ4n) is 3.42. The molecule has 0 aliphatic carbocycles. The summed E-state index contributed by atoms with van der Waals surface area (Å²) in [5.74, 6) is -0.100. The second kappa shape index (κ2) is 6.62. The molecule has 1 N–H and O–H groups in total. The summed E-state index contributed by atoms with van der Waals surface area (Å²) in [7, 11) is 0. The fourth-order valence-corrected chi connectivity index (χ4v) is 4.50. The highest BCUT2D eigenvalue weighted by Gasteiger charge is 2.17. The van der Waals surface area contributed by atoms with E-state index in [9.17, 15) is 4.79 Å². The van der Waals surface area contributed by atoms with Crippen molar-refractivity contribution in [1.82, 2.24) is 9.78 Å². The van der Waals surface area contributed by atoms with Crippen molar-refractivity contribution in [2.45, 2.75) is 6.92 Å². The Labute approximate surface area is 166 Å². The Morgan fingerprint density at radius 3 is 2.54 bits per heavy atom. The van der Waals surface area contributed by atoms with Gasteiger partial charge in [-0.2, -0.15) is 5.10 Å². The van der Waals surface area contributed by atoms with Crippen molar-refractivity contribution in [3.8, 4) is 5.69 Å². The minimum absolute atomic E-state index is 0.100. The van der Waals surface area contributed by atoms with E-state index in [1.54, 1.807) is 0 Å². The number of thiophene rings is 1. The number of amides is 1. The van der Waals surface area contributed by atoms with E-state index in [4.69, 9.17) is 0 Å². The van der Waals surface area contributed by atoms with Gasteiger partial charge < -0.3 is 5.32 Å². The van der Waals surface area contributed by atoms with Crippen LogP contribution < -0.4 is 5.32 Å². The standard InChI is InChI=1S/C23H17N3OS/c1-15-19-14-21(28-23(19)26(25-15)17-10-3-2-4-11-17)22(27)24-20-13-7-9-16-8-5-6-12-18(16)20/h2-14H,1H3,(H,24,27). The van der Waals surface area contributed by atoms with E-state index < -0.39 is 0 Å². The third-order valence-electron chi connectivity index (χ3n) is 4.81. The summed E-state index contributed by atoms with van der Waals surface area (Å²) in [6, 6.07) is 25.9. The van der Waals surface area contributed by atoms with E-state index in [0.717, 1.165) is 38.1 Å². The summed E-state index contributed by atoms with van der Waals surface area (Å²) in [5.41, 5.74) is 2.73. The predicted octanol–water partition coefficient (Wildman–Crippen LogP) is 5.80. The number of rotatable bonds is 3. The number of anilines is 1. The Bertz CT molecular complexity index is 1310. The van der Waals surface area contributed by atoms with Gasteiger partial charge in [-0.25, -0.2) is 4.68 Å². The maximum atomic E-state index is 13.0. The number of aryl methyl sites for hydroxylation is 1. The molecule has 136 valence electrons. The van der Waals surface area contributed by atoms with Gasteiger partial charge in [0.05, 0.1) is 16.3 Å². The quantitative estimate of drug-likeness (QED) is 0.428. The molecule has 4 nitrogen and oxygen atoms in total. The maximum Gasteiger partial charge on any atom is 0.265 e. The van der Waals surface area contributed by atoms with Crippen LogP contribution in [0, 0.1) is 6.92 Å². The molecule has 2 heterocycles. The average Bonchev–Trinajstić information content (AvgIpc) is 3.30. The number of aromatic nitrogens is 2. The van der Waals surface area contributed by atoms with Crippen LogP contribution in [0.25, 0.3) is 26.7 Å². The lowest BCUT2D eigenvalue weighted by atomic mass is 10.1. The molecule has 5 rings (SSSR count). The van der Waals surface area contributed by atoms with Crippen molar-refractivity contribution < 1.29 is 4.79 Å². The molecule has 0 atom stereocenters. The topological polar surface area (TPSA) is 46.9 Å². The molecule has 5 aromatic rings. The molecule has 0 fully saturated rings. The molecule has 0 spiro atoms. The van der Waals surface area contributed by atoms with Crippen LogP contribution in [0.4, 0.5) is 5.69 Å². The van der Waals surface area contributed by atoms with Crippen LogP contribution in [-0.2, 0) is 0 Å². The lowest BCUT2D eigenvalue weighted by Crippen LogP contribution is -2.10. The average molecular weight is 383 g/mol. The number of para-hydroxylation sites is 1. The van der Waals surface area contributed by atoms with Gasteiger partial charge in [-0.05, 0) is 36.6 Å². The number of hydrogen-bond acceptors (Lipinski definition) is 3. The van der Waals surface area contributed by atoms with Crippen molar-refractivity contribution in [3.05, 3.63) is 89.4 Å². The van der Waals surface area contributed by atoms with Crippen LogP contribution in [0.1, 0.15) is 15.4 Å². The highest BCUT2D eigenvalue weighted by Crippen LogP contribution is 2.31. The molecule has 0 bridgehead atoms. The highest BCUT2D eigenvalue weighted by atomic mass is 32.1. The zero-order chi connectivity index (χ0) is 19.1. The first-order chi connectivity index (χ1) is 13.7. The van der Waals surface area contributed by atoms with Crippen LogP contribution in [0.5, 0.6) is 0 Å². The van der Waals surface area contributed by atoms with Gasteiger partial charge in [0.15, 0.2) is 0 Å². The molecular formula is C23H17N3OS. The van der Waals surface area contributed by atoms with Gasteiger partial charge in [0.25, 0.3) is 5.91 Å². The van der Waals surface area contributed by atoms with E-state index in [0.29, 0.717) is 4.88 Å². The lowest BCUT2D eigenvalue weighted by molar-refractivity contribution is 0.103. The van der Waals surface area contributed by atoms with Gasteiger partial charge in [0.2, 0.25) is 0 Å².